The van der Waals surface area contributed by atoms with E-state index in [-0.39, 0.29) is 6.61 Å². The van der Waals surface area contributed by atoms with E-state index in [4.69, 9.17) is 39.5 Å². The molecule has 0 aromatic heterocycles. The SMILES string of the molecule is Cc1cc(OCC(=O)N/N=C\c2c(Cl)cccc2Cl)cc(C)c1Cl. The molecular weight excluding hydrogens is 371 g/mol. The lowest BCUT2D eigenvalue weighted by molar-refractivity contribution is -0.123. The van der Waals surface area contributed by atoms with Crippen molar-refractivity contribution in [2.45, 2.75) is 13.8 Å². The molecule has 7 heteroatoms. The van der Waals surface area contributed by atoms with Gasteiger partial charge >= 0.3 is 0 Å². The van der Waals surface area contributed by atoms with Gasteiger partial charge in [0.15, 0.2) is 6.61 Å². The first-order valence-corrected chi connectivity index (χ1v) is 8.17. The number of halogens is 3. The van der Waals surface area contributed by atoms with Crippen LogP contribution in [0.5, 0.6) is 5.75 Å². The molecule has 4 nitrogen and oxygen atoms in total. The largest absolute Gasteiger partial charge is 0.484 e. The highest BCUT2D eigenvalue weighted by Gasteiger charge is 2.06. The molecule has 2 rings (SSSR count). The second-order valence-corrected chi connectivity index (χ2v) is 6.28. The molecular formula is C17H15Cl3N2O2. The summed E-state index contributed by atoms with van der Waals surface area (Å²) in [6, 6.07) is 8.64. The normalized spacial score (nSPS) is 10.9. The first-order chi connectivity index (χ1) is 11.4. The summed E-state index contributed by atoms with van der Waals surface area (Å²) < 4.78 is 5.44. The van der Waals surface area contributed by atoms with Crippen molar-refractivity contribution in [2.24, 2.45) is 5.10 Å². The minimum absolute atomic E-state index is 0.173. The van der Waals surface area contributed by atoms with Crippen LogP contribution >= 0.6 is 34.8 Å². The average molecular weight is 386 g/mol. The van der Waals surface area contributed by atoms with Crippen LogP contribution in [-0.2, 0) is 4.79 Å². The summed E-state index contributed by atoms with van der Waals surface area (Å²) in [5.74, 6) is 0.169. The van der Waals surface area contributed by atoms with Crippen molar-refractivity contribution in [1.82, 2.24) is 5.43 Å². The highest BCUT2D eigenvalue weighted by molar-refractivity contribution is 6.38. The molecule has 24 heavy (non-hydrogen) atoms. The number of benzene rings is 2. The number of nitrogens with one attached hydrogen (secondary N) is 1. The van der Waals surface area contributed by atoms with Gasteiger partial charge in [-0.25, -0.2) is 5.43 Å². The minimum atomic E-state index is -0.403. The summed E-state index contributed by atoms with van der Waals surface area (Å²) in [5.41, 5.74) is 4.67. The predicted molar refractivity (Wildman–Crippen MR) is 98.6 cm³/mol. The first-order valence-electron chi connectivity index (χ1n) is 7.04. The number of hydrazone groups is 1. The second-order valence-electron chi connectivity index (χ2n) is 5.09. The standard InChI is InChI=1S/C17H15Cl3N2O2/c1-10-6-12(7-11(2)17(10)20)24-9-16(23)22-21-8-13-14(18)4-3-5-15(13)19/h3-8H,9H2,1-2H3,(H,22,23)/b21-8-. The Hall–Kier alpha value is -1.75. The van der Waals surface area contributed by atoms with Crippen molar-refractivity contribution >= 4 is 46.9 Å². The van der Waals surface area contributed by atoms with Gasteiger partial charge in [-0.3, -0.25) is 4.79 Å². The summed E-state index contributed by atoms with van der Waals surface area (Å²) in [4.78, 5) is 11.8. The van der Waals surface area contributed by atoms with Crippen LogP contribution in [0.2, 0.25) is 15.1 Å². The summed E-state index contributed by atoms with van der Waals surface area (Å²) in [6.45, 7) is 3.58. The Kier molecular flexibility index (Phi) is 6.49. The Morgan fingerprint density at radius 1 is 1.17 bits per heavy atom. The molecule has 0 spiro atoms. The van der Waals surface area contributed by atoms with Crippen molar-refractivity contribution in [1.29, 1.82) is 0 Å². The van der Waals surface area contributed by atoms with Crippen LogP contribution in [0, 0.1) is 13.8 Å². The van der Waals surface area contributed by atoms with Crippen LogP contribution in [0.25, 0.3) is 0 Å². The fourth-order valence-electron chi connectivity index (χ4n) is 1.97. The number of ether oxygens (including phenoxy) is 1. The lowest BCUT2D eigenvalue weighted by Crippen LogP contribution is -2.24. The maximum atomic E-state index is 11.8. The molecule has 126 valence electrons. The van der Waals surface area contributed by atoms with Crippen molar-refractivity contribution in [3.05, 3.63) is 62.1 Å². The van der Waals surface area contributed by atoms with Gasteiger partial charge in [0.1, 0.15) is 5.75 Å². The summed E-state index contributed by atoms with van der Waals surface area (Å²) in [7, 11) is 0. The number of carbonyl (C=O) groups excluding carboxylic acids is 1. The number of carbonyl (C=O) groups is 1. The third-order valence-corrected chi connectivity index (χ3v) is 4.42. The van der Waals surface area contributed by atoms with Gasteiger partial charge in [0.25, 0.3) is 5.91 Å². The van der Waals surface area contributed by atoms with Gasteiger partial charge in [-0.05, 0) is 49.2 Å². The minimum Gasteiger partial charge on any atom is -0.484 e. The number of rotatable bonds is 5. The molecule has 0 aliphatic carbocycles. The number of aryl methyl sites for hydroxylation is 2. The summed E-state index contributed by atoms with van der Waals surface area (Å²) in [6.07, 6.45) is 1.39. The third kappa shape index (κ3) is 4.87. The van der Waals surface area contributed by atoms with Gasteiger partial charge in [0, 0.05) is 10.6 Å². The van der Waals surface area contributed by atoms with Crippen molar-refractivity contribution in [2.75, 3.05) is 6.61 Å². The first kappa shape index (κ1) is 18.6. The molecule has 0 heterocycles. The molecule has 0 bridgehead atoms. The van der Waals surface area contributed by atoms with Gasteiger partial charge in [0.05, 0.1) is 16.3 Å². The zero-order valence-corrected chi connectivity index (χ0v) is 15.3. The molecule has 0 saturated carbocycles. The number of nitrogens with zero attached hydrogens (tertiary/aromatic N) is 1. The maximum absolute atomic E-state index is 11.8. The van der Waals surface area contributed by atoms with Gasteiger partial charge in [-0.1, -0.05) is 40.9 Å². The summed E-state index contributed by atoms with van der Waals surface area (Å²) >= 11 is 18.1. The van der Waals surface area contributed by atoms with Crippen LogP contribution in [0.1, 0.15) is 16.7 Å². The molecule has 0 aliphatic rings. The van der Waals surface area contributed by atoms with Gasteiger partial charge in [0.2, 0.25) is 0 Å². The number of hydrogen-bond donors (Lipinski definition) is 1. The Morgan fingerprint density at radius 2 is 1.75 bits per heavy atom. The molecule has 0 atom stereocenters. The monoisotopic (exact) mass is 384 g/mol. The van der Waals surface area contributed by atoms with Crippen LogP contribution < -0.4 is 10.2 Å². The van der Waals surface area contributed by atoms with Gasteiger partial charge < -0.3 is 4.74 Å². The van der Waals surface area contributed by atoms with E-state index in [2.05, 4.69) is 10.5 Å². The summed E-state index contributed by atoms with van der Waals surface area (Å²) in [5, 5.41) is 5.41. The molecule has 0 fully saturated rings. The van der Waals surface area contributed by atoms with E-state index < -0.39 is 5.91 Å². The molecule has 0 radical (unpaired) electrons. The fourth-order valence-corrected chi connectivity index (χ4v) is 2.58. The molecule has 0 unspecified atom stereocenters. The Morgan fingerprint density at radius 3 is 2.33 bits per heavy atom. The van der Waals surface area contributed by atoms with E-state index in [1.54, 1.807) is 30.3 Å². The second kappa shape index (κ2) is 8.38. The van der Waals surface area contributed by atoms with Crippen LogP contribution in [-0.4, -0.2) is 18.7 Å². The van der Waals surface area contributed by atoms with Crippen molar-refractivity contribution in [3.63, 3.8) is 0 Å². The van der Waals surface area contributed by atoms with Crippen LogP contribution in [0.15, 0.2) is 35.4 Å². The topological polar surface area (TPSA) is 50.7 Å². The maximum Gasteiger partial charge on any atom is 0.277 e. The van der Waals surface area contributed by atoms with E-state index in [9.17, 15) is 4.79 Å². The molecule has 1 N–H and O–H groups in total. The molecule has 0 saturated heterocycles. The lowest BCUT2D eigenvalue weighted by Gasteiger charge is -2.09. The highest BCUT2D eigenvalue weighted by Crippen LogP contribution is 2.25. The lowest BCUT2D eigenvalue weighted by atomic mass is 10.1. The van der Waals surface area contributed by atoms with Crippen LogP contribution in [0.3, 0.4) is 0 Å². The van der Waals surface area contributed by atoms with E-state index in [0.717, 1.165) is 11.1 Å². The Bertz CT molecular complexity index is 748. The quantitative estimate of drug-likeness (QED) is 0.594. The molecule has 2 aromatic carbocycles. The van der Waals surface area contributed by atoms with E-state index >= 15 is 0 Å². The fraction of sp³-hybridized carbons (Fsp3) is 0.176. The zero-order chi connectivity index (χ0) is 17.7. The average Bonchev–Trinajstić information content (AvgIpc) is 2.53. The Balaban J connectivity index is 1.91. The highest BCUT2D eigenvalue weighted by atomic mass is 35.5. The third-order valence-electron chi connectivity index (χ3n) is 3.16. The molecule has 0 aliphatic heterocycles. The van der Waals surface area contributed by atoms with Gasteiger partial charge in [-0.15, -0.1) is 0 Å². The Labute approximate surface area is 155 Å². The zero-order valence-electron chi connectivity index (χ0n) is 13.1. The van der Waals surface area contributed by atoms with Gasteiger partial charge in [-0.2, -0.15) is 5.10 Å². The predicted octanol–water partition coefficient (Wildman–Crippen LogP) is 4.79. The smallest absolute Gasteiger partial charge is 0.277 e. The van der Waals surface area contributed by atoms with E-state index in [1.807, 2.05) is 13.8 Å². The van der Waals surface area contributed by atoms with Crippen molar-refractivity contribution in [3.8, 4) is 5.75 Å². The molecule has 2 aromatic rings. The van der Waals surface area contributed by atoms with Crippen molar-refractivity contribution < 1.29 is 9.53 Å². The van der Waals surface area contributed by atoms with E-state index in [0.29, 0.717) is 26.4 Å². The van der Waals surface area contributed by atoms with Crippen LogP contribution in [0.4, 0.5) is 0 Å². The number of hydrogen-bond acceptors (Lipinski definition) is 3. The van der Waals surface area contributed by atoms with E-state index in [1.165, 1.54) is 6.21 Å². The number of amides is 1. The molecule has 1 amide bonds.